The highest BCUT2D eigenvalue weighted by Gasteiger charge is 2.45. The van der Waals surface area contributed by atoms with Crippen molar-refractivity contribution in [2.24, 2.45) is 35.5 Å². The number of carboxylic acids is 4. The van der Waals surface area contributed by atoms with Crippen LogP contribution in [0.3, 0.4) is 0 Å². The largest absolute Gasteiger partial charge is 0.481 e. The zero-order valence-corrected chi connectivity index (χ0v) is 20.8. The Morgan fingerprint density at radius 1 is 0.588 bits per heavy atom. The van der Waals surface area contributed by atoms with Gasteiger partial charge >= 0.3 is 23.9 Å². The number of hydrogen-bond donors (Lipinski definition) is 4. The summed E-state index contributed by atoms with van der Waals surface area (Å²) in [4.78, 5) is 46.9. The zero-order valence-electron chi connectivity index (χ0n) is 20.8. The summed E-state index contributed by atoms with van der Waals surface area (Å²) in [7, 11) is 0. The third kappa shape index (κ3) is 9.63. The normalized spacial score (nSPS) is 22.7. The lowest BCUT2D eigenvalue weighted by Crippen LogP contribution is -2.41. The van der Waals surface area contributed by atoms with Crippen molar-refractivity contribution in [3.8, 4) is 0 Å². The van der Waals surface area contributed by atoms with Crippen LogP contribution >= 0.6 is 0 Å². The SMILES string of the molecule is CCCCCCC1CCC(CCCCCC)C(CC(C(=O)O)C(=O)O)C1CC(C(=O)O)C(=O)O. The molecule has 1 aliphatic carbocycles. The van der Waals surface area contributed by atoms with E-state index in [4.69, 9.17) is 0 Å². The van der Waals surface area contributed by atoms with Gasteiger partial charge in [0.25, 0.3) is 0 Å². The molecule has 1 fully saturated rings. The number of carboxylic acid groups (broad SMARTS) is 4. The fraction of sp³-hybridized carbons (Fsp3) is 0.846. The molecule has 0 aliphatic heterocycles. The Labute approximate surface area is 203 Å². The van der Waals surface area contributed by atoms with Gasteiger partial charge in [-0.1, -0.05) is 78.1 Å². The second kappa shape index (κ2) is 15.7. The van der Waals surface area contributed by atoms with Gasteiger partial charge in [0.1, 0.15) is 0 Å². The molecule has 0 heterocycles. The molecular formula is C26H44O8. The lowest BCUT2D eigenvalue weighted by molar-refractivity contribution is -0.160. The lowest BCUT2D eigenvalue weighted by atomic mass is 9.60. The Morgan fingerprint density at radius 3 is 1.18 bits per heavy atom. The molecule has 1 aliphatic rings. The maximum Gasteiger partial charge on any atom is 0.317 e. The highest BCUT2D eigenvalue weighted by molar-refractivity contribution is 5.93. The molecule has 196 valence electrons. The smallest absolute Gasteiger partial charge is 0.317 e. The van der Waals surface area contributed by atoms with Crippen LogP contribution in [-0.2, 0) is 19.2 Å². The number of aliphatic carboxylic acids is 4. The van der Waals surface area contributed by atoms with Gasteiger partial charge in [-0.05, 0) is 49.4 Å². The van der Waals surface area contributed by atoms with Crippen molar-refractivity contribution in [2.75, 3.05) is 0 Å². The first kappa shape index (κ1) is 29.9. The third-order valence-corrected chi connectivity index (χ3v) is 7.73. The van der Waals surface area contributed by atoms with Gasteiger partial charge in [-0.25, -0.2) is 0 Å². The maximum atomic E-state index is 11.7. The second-order valence-electron chi connectivity index (χ2n) is 10.1. The van der Waals surface area contributed by atoms with Crippen LogP contribution in [0.2, 0.25) is 0 Å². The Hall–Kier alpha value is -2.12. The number of rotatable bonds is 18. The quantitative estimate of drug-likeness (QED) is 0.146. The summed E-state index contributed by atoms with van der Waals surface area (Å²) < 4.78 is 0. The van der Waals surface area contributed by atoms with Crippen molar-refractivity contribution in [1.82, 2.24) is 0 Å². The third-order valence-electron chi connectivity index (χ3n) is 7.73. The van der Waals surface area contributed by atoms with E-state index in [0.717, 1.165) is 77.0 Å². The Morgan fingerprint density at radius 2 is 0.912 bits per heavy atom. The Kier molecular flexibility index (Phi) is 13.8. The average molecular weight is 485 g/mol. The predicted octanol–water partition coefficient (Wildman–Crippen LogP) is 5.54. The van der Waals surface area contributed by atoms with Gasteiger partial charge in [0, 0.05) is 0 Å². The maximum absolute atomic E-state index is 11.7. The van der Waals surface area contributed by atoms with E-state index in [0.29, 0.717) is 0 Å². The van der Waals surface area contributed by atoms with E-state index in [1.54, 1.807) is 0 Å². The summed E-state index contributed by atoms with van der Waals surface area (Å²) in [5.74, 6) is -9.19. The van der Waals surface area contributed by atoms with Crippen LogP contribution in [0.15, 0.2) is 0 Å². The van der Waals surface area contributed by atoms with E-state index in [9.17, 15) is 39.6 Å². The van der Waals surface area contributed by atoms with Gasteiger partial charge in [0.15, 0.2) is 11.8 Å². The number of hydrogen-bond acceptors (Lipinski definition) is 4. The van der Waals surface area contributed by atoms with Crippen molar-refractivity contribution < 1.29 is 39.6 Å². The van der Waals surface area contributed by atoms with Gasteiger partial charge in [-0.3, -0.25) is 19.2 Å². The monoisotopic (exact) mass is 484 g/mol. The van der Waals surface area contributed by atoms with E-state index in [2.05, 4.69) is 13.8 Å². The van der Waals surface area contributed by atoms with Gasteiger partial charge in [0.05, 0.1) is 0 Å². The van der Waals surface area contributed by atoms with Crippen LogP contribution in [0.5, 0.6) is 0 Å². The molecule has 1 rings (SSSR count). The van der Waals surface area contributed by atoms with Crippen molar-refractivity contribution in [3.63, 3.8) is 0 Å². The van der Waals surface area contributed by atoms with Gasteiger partial charge in [-0.15, -0.1) is 0 Å². The summed E-state index contributed by atoms with van der Waals surface area (Å²) in [6, 6.07) is 0. The molecule has 8 nitrogen and oxygen atoms in total. The Bertz CT molecular complexity index is 577. The highest BCUT2D eigenvalue weighted by Crippen LogP contribution is 2.48. The fourth-order valence-corrected chi connectivity index (χ4v) is 5.83. The fourth-order valence-electron chi connectivity index (χ4n) is 5.83. The van der Waals surface area contributed by atoms with Crippen LogP contribution in [0, 0.1) is 35.5 Å². The molecule has 0 saturated heterocycles. The molecule has 34 heavy (non-hydrogen) atoms. The molecule has 1 saturated carbocycles. The van der Waals surface area contributed by atoms with Gasteiger partial charge < -0.3 is 20.4 Å². The minimum absolute atomic E-state index is 0.0782. The van der Waals surface area contributed by atoms with Gasteiger partial charge in [-0.2, -0.15) is 0 Å². The molecule has 4 atom stereocenters. The zero-order chi connectivity index (χ0) is 25.7. The molecule has 0 radical (unpaired) electrons. The van der Waals surface area contributed by atoms with Crippen molar-refractivity contribution >= 4 is 23.9 Å². The first-order chi connectivity index (χ1) is 16.1. The lowest BCUT2D eigenvalue weighted by Gasteiger charge is -2.45. The Balaban J connectivity index is 3.25. The summed E-state index contributed by atoms with van der Waals surface area (Å²) in [6.07, 6.45) is 11.5. The molecular weight excluding hydrogens is 440 g/mol. The van der Waals surface area contributed by atoms with E-state index < -0.39 is 35.7 Å². The second-order valence-corrected chi connectivity index (χ2v) is 10.1. The summed E-state index contributed by atoms with van der Waals surface area (Å²) in [6.45, 7) is 4.23. The molecule has 0 aromatic rings. The van der Waals surface area contributed by atoms with Crippen LogP contribution < -0.4 is 0 Å². The molecule has 0 bridgehead atoms. The van der Waals surface area contributed by atoms with Crippen molar-refractivity contribution in [1.29, 1.82) is 0 Å². The van der Waals surface area contributed by atoms with Crippen LogP contribution in [0.1, 0.15) is 104 Å². The summed E-state index contributed by atoms with van der Waals surface area (Å²) in [5.41, 5.74) is 0. The number of carbonyl (C=O) groups is 4. The predicted molar refractivity (Wildman–Crippen MR) is 127 cm³/mol. The minimum Gasteiger partial charge on any atom is -0.481 e. The minimum atomic E-state index is -1.57. The molecule has 0 aromatic carbocycles. The first-order valence-electron chi connectivity index (χ1n) is 13.0. The molecule has 0 aromatic heterocycles. The van der Waals surface area contributed by atoms with E-state index in [1.165, 1.54) is 0 Å². The van der Waals surface area contributed by atoms with E-state index in [-0.39, 0.29) is 36.5 Å². The van der Waals surface area contributed by atoms with E-state index in [1.807, 2.05) is 0 Å². The highest BCUT2D eigenvalue weighted by atomic mass is 16.4. The first-order valence-corrected chi connectivity index (χ1v) is 13.0. The average Bonchev–Trinajstić information content (AvgIpc) is 2.76. The van der Waals surface area contributed by atoms with E-state index >= 15 is 0 Å². The molecule has 8 heteroatoms. The molecule has 4 unspecified atom stereocenters. The van der Waals surface area contributed by atoms with Crippen molar-refractivity contribution in [2.45, 2.75) is 104 Å². The van der Waals surface area contributed by atoms with Crippen LogP contribution in [0.25, 0.3) is 0 Å². The standard InChI is InChI=1S/C26H44O8/c1-3-5-7-9-11-17-13-14-18(12-10-8-6-4-2)20(16-22(25(31)32)26(33)34)19(17)15-21(23(27)28)24(29)30/h17-22H,3-16H2,1-2H3,(H,27,28)(H,29,30)(H,31,32)(H,33,34). The summed E-state index contributed by atoms with van der Waals surface area (Å²) in [5, 5.41) is 38.2. The van der Waals surface area contributed by atoms with Gasteiger partial charge in [0.2, 0.25) is 0 Å². The summed E-state index contributed by atoms with van der Waals surface area (Å²) >= 11 is 0. The topological polar surface area (TPSA) is 149 Å². The van der Waals surface area contributed by atoms with Crippen LogP contribution in [-0.4, -0.2) is 44.3 Å². The molecule has 0 spiro atoms. The number of unbranched alkanes of at least 4 members (excludes halogenated alkanes) is 6. The molecule has 0 amide bonds. The van der Waals surface area contributed by atoms with Crippen LogP contribution in [0.4, 0.5) is 0 Å². The van der Waals surface area contributed by atoms with Crippen molar-refractivity contribution in [3.05, 3.63) is 0 Å². The molecule has 4 N–H and O–H groups in total.